The Labute approximate surface area is 128 Å². The molecule has 22 heavy (non-hydrogen) atoms. The van der Waals surface area contributed by atoms with Crippen molar-refractivity contribution in [2.24, 2.45) is 0 Å². The molecule has 0 spiro atoms. The molecule has 4 nitrogen and oxygen atoms in total. The van der Waals surface area contributed by atoms with E-state index < -0.39 is 0 Å². The molecule has 0 aromatic heterocycles. The fourth-order valence-electron chi connectivity index (χ4n) is 1.93. The maximum Gasteiger partial charge on any atom is 0.226 e. The zero-order valence-corrected chi connectivity index (χ0v) is 12.2. The molecule has 2 aromatic rings. The molecule has 0 aliphatic rings. The Kier molecular flexibility index (Phi) is 5.25. The van der Waals surface area contributed by atoms with Crippen LogP contribution in [0.1, 0.15) is 23.7 Å². The van der Waals surface area contributed by atoms with Crippen molar-refractivity contribution in [1.82, 2.24) is 0 Å². The zero-order chi connectivity index (χ0) is 15.9. The SMILES string of the molecule is CC(=O)c1ccc(NC(=O)CCNc2ccccc2F)cc1. The number of ketones is 1. The van der Waals surface area contributed by atoms with Crippen LogP contribution in [0.25, 0.3) is 0 Å². The minimum Gasteiger partial charge on any atom is -0.382 e. The molecule has 2 rings (SSSR count). The third kappa shape index (κ3) is 4.41. The minimum atomic E-state index is -0.345. The molecule has 5 heteroatoms. The van der Waals surface area contributed by atoms with E-state index in [2.05, 4.69) is 10.6 Å². The molecule has 0 atom stereocenters. The minimum absolute atomic E-state index is 0.0213. The number of para-hydroxylation sites is 1. The van der Waals surface area contributed by atoms with Gasteiger partial charge in [-0.1, -0.05) is 12.1 Å². The summed E-state index contributed by atoms with van der Waals surface area (Å²) in [7, 11) is 0. The van der Waals surface area contributed by atoms with Crippen molar-refractivity contribution < 1.29 is 14.0 Å². The maximum atomic E-state index is 13.4. The van der Waals surface area contributed by atoms with E-state index in [1.807, 2.05) is 0 Å². The average molecular weight is 300 g/mol. The number of carbonyl (C=O) groups is 2. The topological polar surface area (TPSA) is 58.2 Å². The van der Waals surface area contributed by atoms with Gasteiger partial charge < -0.3 is 10.6 Å². The van der Waals surface area contributed by atoms with Crippen molar-refractivity contribution >= 4 is 23.1 Å². The van der Waals surface area contributed by atoms with Crippen molar-refractivity contribution in [1.29, 1.82) is 0 Å². The lowest BCUT2D eigenvalue weighted by molar-refractivity contribution is -0.115. The van der Waals surface area contributed by atoms with Crippen LogP contribution in [0.15, 0.2) is 48.5 Å². The van der Waals surface area contributed by atoms with Crippen molar-refractivity contribution in [2.45, 2.75) is 13.3 Å². The van der Waals surface area contributed by atoms with Gasteiger partial charge in [0, 0.05) is 24.2 Å². The van der Waals surface area contributed by atoms with E-state index in [0.29, 0.717) is 23.5 Å². The molecule has 0 heterocycles. The first kappa shape index (κ1) is 15.7. The second-order valence-electron chi connectivity index (χ2n) is 4.84. The van der Waals surface area contributed by atoms with Crippen LogP contribution in [-0.4, -0.2) is 18.2 Å². The van der Waals surface area contributed by atoms with Gasteiger partial charge in [0.05, 0.1) is 5.69 Å². The number of anilines is 2. The highest BCUT2D eigenvalue weighted by molar-refractivity contribution is 5.95. The Balaban J connectivity index is 1.80. The normalized spacial score (nSPS) is 10.1. The summed E-state index contributed by atoms with van der Waals surface area (Å²) in [4.78, 5) is 23.0. The van der Waals surface area contributed by atoms with Gasteiger partial charge in [0.2, 0.25) is 5.91 Å². The van der Waals surface area contributed by atoms with Crippen LogP contribution in [0.2, 0.25) is 0 Å². The molecule has 114 valence electrons. The molecule has 0 saturated carbocycles. The van der Waals surface area contributed by atoms with Crippen LogP contribution >= 0.6 is 0 Å². The number of benzene rings is 2. The van der Waals surface area contributed by atoms with E-state index >= 15 is 0 Å². The second kappa shape index (κ2) is 7.36. The number of rotatable bonds is 6. The fourth-order valence-corrected chi connectivity index (χ4v) is 1.93. The quantitative estimate of drug-likeness (QED) is 0.803. The smallest absolute Gasteiger partial charge is 0.226 e. The summed E-state index contributed by atoms with van der Waals surface area (Å²) in [6.07, 6.45) is 0.211. The summed E-state index contributed by atoms with van der Waals surface area (Å²) >= 11 is 0. The molecule has 2 N–H and O–H groups in total. The number of nitrogens with one attached hydrogen (secondary N) is 2. The van der Waals surface area contributed by atoms with Gasteiger partial charge in [-0.15, -0.1) is 0 Å². The van der Waals surface area contributed by atoms with Crippen LogP contribution in [0, 0.1) is 5.82 Å². The molecule has 0 aliphatic carbocycles. The highest BCUT2D eigenvalue weighted by Gasteiger charge is 2.05. The first-order chi connectivity index (χ1) is 10.6. The van der Waals surface area contributed by atoms with Crippen molar-refractivity contribution in [2.75, 3.05) is 17.2 Å². The highest BCUT2D eigenvalue weighted by atomic mass is 19.1. The Morgan fingerprint density at radius 1 is 1.05 bits per heavy atom. The van der Waals surface area contributed by atoms with Gasteiger partial charge in [0.1, 0.15) is 5.82 Å². The Hall–Kier alpha value is -2.69. The van der Waals surface area contributed by atoms with Crippen molar-refractivity contribution in [3.63, 3.8) is 0 Å². The molecular formula is C17H17FN2O2. The lowest BCUT2D eigenvalue weighted by Crippen LogP contribution is -2.16. The summed E-state index contributed by atoms with van der Waals surface area (Å²) in [5.41, 5.74) is 1.60. The first-order valence-electron chi connectivity index (χ1n) is 6.95. The first-order valence-corrected chi connectivity index (χ1v) is 6.95. The molecular weight excluding hydrogens is 283 g/mol. The van der Waals surface area contributed by atoms with Gasteiger partial charge >= 0.3 is 0 Å². The Morgan fingerprint density at radius 2 is 1.73 bits per heavy atom. The van der Waals surface area contributed by atoms with Gasteiger partial charge in [-0.3, -0.25) is 9.59 Å². The van der Waals surface area contributed by atoms with E-state index in [1.54, 1.807) is 42.5 Å². The van der Waals surface area contributed by atoms with Crippen LogP contribution in [0.4, 0.5) is 15.8 Å². The van der Waals surface area contributed by atoms with Crippen LogP contribution < -0.4 is 10.6 Å². The van der Waals surface area contributed by atoms with Crippen LogP contribution in [-0.2, 0) is 4.79 Å². The molecule has 0 bridgehead atoms. The summed E-state index contributed by atoms with van der Waals surface area (Å²) in [6.45, 7) is 1.82. The van der Waals surface area contributed by atoms with Crippen molar-refractivity contribution in [3.05, 3.63) is 59.9 Å². The van der Waals surface area contributed by atoms with E-state index in [1.165, 1.54) is 13.0 Å². The molecule has 0 fully saturated rings. The average Bonchev–Trinajstić information content (AvgIpc) is 2.50. The predicted octanol–water partition coefficient (Wildman–Crippen LogP) is 3.47. The van der Waals surface area contributed by atoms with E-state index in [9.17, 15) is 14.0 Å². The molecule has 0 unspecified atom stereocenters. The third-order valence-electron chi connectivity index (χ3n) is 3.12. The maximum absolute atomic E-state index is 13.4. The van der Waals surface area contributed by atoms with Gasteiger partial charge in [0.15, 0.2) is 5.78 Å². The van der Waals surface area contributed by atoms with Gasteiger partial charge in [0.25, 0.3) is 0 Å². The van der Waals surface area contributed by atoms with Gasteiger partial charge in [-0.2, -0.15) is 0 Å². The summed E-state index contributed by atoms with van der Waals surface area (Å²) < 4.78 is 13.4. The molecule has 0 radical (unpaired) electrons. The zero-order valence-electron chi connectivity index (χ0n) is 12.2. The summed E-state index contributed by atoms with van der Waals surface area (Å²) in [6, 6.07) is 13.0. The van der Waals surface area contributed by atoms with Gasteiger partial charge in [-0.25, -0.2) is 4.39 Å². The highest BCUT2D eigenvalue weighted by Crippen LogP contribution is 2.13. The number of halogens is 1. The molecule has 0 saturated heterocycles. The van der Waals surface area contributed by atoms with Crippen LogP contribution in [0.5, 0.6) is 0 Å². The second-order valence-corrected chi connectivity index (χ2v) is 4.84. The monoisotopic (exact) mass is 300 g/mol. The van der Waals surface area contributed by atoms with Crippen molar-refractivity contribution in [3.8, 4) is 0 Å². The number of carbonyl (C=O) groups excluding carboxylic acids is 2. The molecule has 0 aliphatic heterocycles. The number of amides is 1. The number of hydrogen-bond acceptors (Lipinski definition) is 3. The Morgan fingerprint density at radius 3 is 2.36 bits per heavy atom. The lowest BCUT2D eigenvalue weighted by Gasteiger charge is -2.08. The standard InChI is InChI=1S/C17H17FN2O2/c1-12(21)13-6-8-14(9-7-13)20-17(22)10-11-19-16-5-3-2-4-15(16)18/h2-9,19H,10-11H2,1H3,(H,20,22). The molecule has 2 aromatic carbocycles. The lowest BCUT2D eigenvalue weighted by atomic mass is 10.1. The largest absolute Gasteiger partial charge is 0.382 e. The Bertz CT molecular complexity index is 669. The number of hydrogen-bond donors (Lipinski definition) is 2. The summed E-state index contributed by atoms with van der Waals surface area (Å²) in [5.74, 6) is -0.547. The molecule has 1 amide bonds. The van der Waals surface area contributed by atoms with E-state index in [0.717, 1.165) is 0 Å². The van der Waals surface area contributed by atoms with E-state index in [-0.39, 0.29) is 23.9 Å². The summed E-state index contributed by atoms with van der Waals surface area (Å²) in [5, 5.41) is 5.60. The third-order valence-corrected chi connectivity index (χ3v) is 3.12. The predicted molar refractivity (Wildman–Crippen MR) is 84.6 cm³/mol. The van der Waals surface area contributed by atoms with Gasteiger partial charge in [-0.05, 0) is 43.3 Å². The van der Waals surface area contributed by atoms with Crippen LogP contribution in [0.3, 0.4) is 0 Å². The van der Waals surface area contributed by atoms with E-state index in [4.69, 9.17) is 0 Å². The number of Topliss-reactive ketones (excluding diaryl/α,β-unsaturated/α-hetero) is 1. The fraction of sp³-hybridized carbons (Fsp3) is 0.176.